The Balaban J connectivity index is 1.85. The number of carbonyl (C=O) groups is 1. The van der Waals surface area contributed by atoms with Crippen LogP contribution in [0.25, 0.3) is 11.3 Å². The number of aromatic amines is 1. The van der Waals surface area contributed by atoms with Crippen molar-refractivity contribution in [3.05, 3.63) is 65.9 Å². The molecule has 0 aliphatic carbocycles. The maximum absolute atomic E-state index is 12.7. The highest BCUT2D eigenvalue weighted by molar-refractivity contribution is 6.00. The van der Waals surface area contributed by atoms with Gasteiger partial charge < -0.3 is 14.8 Å². The minimum atomic E-state index is -0.195. The number of methoxy groups -OCH3 is 2. The molecule has 2 N–H and O–H groups in total. The van der Waals surface area contributed by atoms with Gasteiger partial charge in [0.2, 0.25) is 0 Å². The molecule has 0 saturated carbocycles. The van der Waals surface area contributed by atoms with E-state index in [1.54, 1.807) is 20.3 Å². The van der Waals surface area contributed by atoms with Crippen molar-refractivity contribution < 1.29 is 14.3 Å². The van der Waals surface area contributed by atoms with Gasteiger partial charge >= 0.3 is 0 Å². The highest BCUT2D eigenvalue weighted by Crippen LogP contribution is 2.32. The van der Waals surface area contributed by atoms with E-state index in [4.69, 9.17) is 9.47 Å². The molecular formula is C20H21N3O3. The number of amides is 1. The molecule has 1 amide bonds. The van der Waals surface area contributed by atoms with Crippen molar-refractivity contribution in [2.45, 2.75) is 13.0 Å². The van der Waals surface area contributed by atoms with Gasteiger partial charge in [0.25, 0.3) is 5.91 Å². The van der Waals surface area contributed by atoms with Gasteiger partial charge in [-0.15, -0.1) is 0 Å². The molecule has 0 bridgehead atoms. The fourth-order valence-electron chi connectivity index (χ4n) is 2.77. The molecule has 1 atom stereocenters. The van der Waals surface area contributed by atoms with Crippen molar-refractivity contribution in [2.24, 2.45) is 0 Å². The van der Waals surface area contributed by atoms with Gasteiger partial charge in [-0.25, -0.2) is 0 Å². The predicted octanol–water partition coefficient (Wildman–Crippen LogP) is 3.58. The van der Waals surface area contributed by atoms with Crippen molar-refractivity contribution in [3.8, 4) is 22.8 Å². The van der Waals surface area contributed by atoms with Gasteiger partial charge in [-0.3, -0.25) is 9.89 Å². The Kier molecular flexibility index (Phi) is 5.22. The van der Waals surface area contributed by atoms with E-state index in [1.165, 1.54) is 6.20 Å². The Morgan fingerprint density at radius 1 is 1.08 bits per heavy atom. The third-order valence-electron chi connectivity index (χ3n) is 4.20. The van der Waals surface area contributed by atoms with Crippen LogP contribution >= 0.6 is 0 Å². The van der Waals surface area contributed by atoms with Crippen LogP contribution in [0.2, 0.25) is 0 Å². The molecule has 1 unspecified atom stereocenters. The topological polar surface area (TPSA) is 76.2 Å². The SMILES string of the molecule is COc1ccc(-c2[nH]ncc2C(=O)NC(C)c2ccccc2)cc1OC. The number of benzene rings is 2. The smallest absolute Gasteiger partial charge is 0.255 e. The van der Waals surface area contributed by atoms with Crippen LogP contribution < -0.4 is 14.8 Å². The first kappa shape index (κ1) is 17.5. The molecular weight excluding hydrogens is 330 g/mol. The summed E-state index contributed by atoms with van der Waals surface area (Å²) in [6.07, 6.45) is 1.53. The van der Waals surface area contributed by atoms with E-state index >= 15 is 0 Å². The second-order valence-electron chi connectivity index (χ2n) is 5.83. The number of H-pyrrole nitrogens is 1. The molecule has 0 saturated heterocycles. The summed E-state index contributed by atoms with van der Waals surface area (Å²) < 4.78 is 10.6. The Hall–Kier alpha value is -3.28. The quantitative estimate of drug-likeness (QED) is 0.712. The minimum absolute atomic E-state index is 0.114. The molecule has 26 heavy (non-hydrogen) atoms. The van der Waals surface area contributed by atoms with Crippen LogP contribution in [0.15, 0.2) is 54.7 Å². The van der Waals surface area contributed by atoms with Gasteiger partial charge in [-0.05, 0) is 30.7 Å². The summed E-state index contributed by atoms with van der Waals surface area (Å²) >= 11 is 0. The van der Waals surface area contributed by atoms with Crippen molar-refractivity contribution in [1.82, 2.24) is 15.5 Å². The summed E-state index contributed by atoms with van der Waals surface area (Å²) in [5.74, 6) is 1.02. The Labute approximate surface area is 152 Å². The Morgan fingerprint density at radius 2 is 1.81 bits per heavy atom. The maximum atomic E-state index is 12.7. The summed E-state index contributed by atoms with van der Waals surface area (Å²) in [6.45, 7) is 1.95. The van der Waals surface area contributed by atoms with E-state index in [0.29, 0.717) is 22.8 Å². The van der Waals surface area contributed by atoms with E-state index in [2.05, 4.69) is 15.5 Å². The fraction of sp³-hybridized carbons (Fsp3) is 0.200. The van der Waals surface area contributed by atoms with Crippen LogP contribution in [-0.2, 0) is 0 Å². The lowest BCUT2D eigenvalue weighted by Crippen LogP contribution is -2.26. The van der Waals surface area contributed by atoms with Gasteiger partial charge in [0.1, 0.15) is 0 Å². The molecule has 3 rings (SSSR count). The highest BCUT2D eigenvalue weighted by Gasteiger charge is 2.19. The molecule has 0 radical (unpaired) electrons. The summed E-state index contributed by atoms with van der Waals surface area (Å²) in [5, 5.41) is 9.94. The molecule has 0 aliphatic rings. The zero-order chi connectivity index (χ0) is 18.5. The molecule has 3 aromatic rings. The van der Waals surface area contributed by atoms with Crippen LogP contribution in [0.3, 0.4) is 0 Å². The lowest BCUT2D eigenvalue weighted by atomic mass is 10.1. The average Bonchev–Trinajstić information content (AvgIpc) is 3.18. The second-order valence-corrected chi connectivity index (χ2v) is 5.83. The number of hydrogen-bond donors (Lipinski definition) is 2. The van der Waals surface area contributed by atoms with E-state index in [9.17, 15) is 4.79 Å². The highest BCUT2D eigenvalue weighted by atomic mass is 16.5. The first-order valence-corrected chi connectivity index (χ1v) is 8.25. The zero-order valence-electron chi connectivity index (χ0n) is 14.9. The number of ether oxygens (including phenoxy) is 2. The molecule has 1 heterocycles. The molecule has 134 valence electrons. The van der Waals surface area contributed by atoms with Gasteiger partial charge in [-0.1, -0.05) is 30.3 Å². The lowest BCUT2D eigenvalue weighted by Gasteiger charge is -2.14. The van der Waals surface area contributed by atoms with E-state index in [-0.39, 0.29) is 11.9 Å². The molecule has 1 aromatic heterocycles. The van der Waals surface area contributed by atoms with Crippen molar-refractivity contribution in [1.29, 1.82) is 0 Å². The fourth-order valence-corrected chi connectivity index (χ4v) is 2.77. The maximum Gasteiger partial charge on any atom is 0.255 e. The van der Waals surface area contributed by atoms with Gasteiger partial charge in [0.05, 0.1) is 37.7 Å². The summed E-state index contributed by atoms with van der Waals surface area (Å²) in [5.41, 5.74) is 2.93. The van der Waals surface area contributed by atoms with Gasteiger partial charge in [-0.2, -0.15) is 5.10 Å². The second kappa shape index (κ2) is 7.74. The standard InChI is InChI=1S/C20H21N3O3/c1-13(14-7-5-4-6-8-14)22-20(24)16-12-21-23-19(16)15-9-10-17(25-2)18(11-15)26-3/h4-13H,1-3H3,(H,21,23)(H,22,24). The van der Waals surface area contributed by atoms with E-state index in [0.717, 1.165) is 11.1 Å². The largest absolute Gasteiger partial charge is 0.493 e. The number of rotatable bonds is 6. The van der Waals surface area contributed by atoms with Gasteiger partial charge in [0.15, 0.2) is 11.5 Å². The van der Waals surface area contributed by atoms with Crippen LogP contribution in [0.5, 0.6) is 11.5 Å². The lowest BCUT2D eigenvalue weighted by molar-refractivity contribution is 0.0940. The third kappa shape index (κ3) is 3.54. The monoisotopic (exact) mass is 351 g/mol. The van der Waals surface area contributed by atoms with Gasteiger partial charge in [0, 0.05) is 5.56 Å². The van der Waals surface area contributed by atoms with Crippen molar-refractivity contribution >= 4 is 5.91 Å². The minimum Gasteiger partial charge on any atom is -0.493 e. The number of aromatic nitrogens is 2. The third-order valence-corrected chi connectivity index (χ3v) is 4.20. The average molecular weight is 351 g/mol. The Bertz CT molecular complexity index is 890. The van der Waals surface area contributed by atoms with Crippen LogP contribution in [0.4, 0.5) is 0 Å². The molecule has 0 fully saturated rings. The van der Waals surface area contributed by atoms with Crippen molar-refractivity contribution in [2.75, 3.05) is 14.2 Å². The summed E-state index contributed by atoms with van der Waals surface area (Å²) in [4.78, 5) is 12.7. The predicted molar refractivity (Wildman–Crippen MR) is 99.5 cm³/mol. The summed E-state index contributed by atoms with van der Waals surface area (Å²) in [7, 11) is 3.15. The normalized spacial score (nSPS) is 11.7. The molecule has 6 heteroatoms. The first-order chi connectivity index (χ1) is 12.6. The molecule has 0 spiro atoms. The first-order valence-electron chi connectivity index (χ1n) is 8.25. The van der Waals surface area contributed by atoms with E-state index < -0.39 is 0 Å². The summed E-state index contributed by atoms with van der Waals surface area (Å²) in [6, 6.07) is 15.2. The molecule has 2 aromatic carbocycles. The van der Waals surface area contributed by atoms with Crippen molar-refractivity contribution in [3.63, 3.8) is 0 Å². The van der Waals surface area contributed by atoms with Crippen LogP contribution in [0.1, 0.15) is 28.9 Å². The van der Waals surface area contributed by atoms with Crippen LogP contribution in [-0.4, -0.2) is 30.3 Å². The number of carbonyl (C=O) groups excluding carboxylic acids is 1. The van der Waals surface area contributed by atoms with E-state index in [1.807, 2.05) is 49.4 Å². The number of nitrogens with zero attached hydrogens (tertiary/aromatic N) is 1. The molecule has 0 aliphatic heterocycles. The molecule has 6 nitrogen and oxygen atoms in total. The van der Waals surface area contributed by atoms with Crippen LogP contribution in [0, 0.1) is 0 Å². The number of nitrogens with one attached hydrogen (secondary N) is 2. The number of hydrogen-bond acceptors (Lipinski definition) is 4. The zero-order valence-corrected chi connectivity index (χ0v) is 14.9. The Morgan fingerprint density at radius 3 is 2.50 bits per heavy atom.